The van der Waals surface area contributed by atoms with Gasteiger partial charge in [-0.1, -0.05) is 0 Å². The average molecular weight is 435 g/mol. The van der Waals surface area contributed by atoms with E-state index in [1.165, 1.54) is 6.33 Å². The first kappa shape index (κ1) is 20.4. The van der Waals surface area contributed by atoms with Gasteiger partial charge in [0.1, 0.15) is 12.7 Å². The molecule has 3 aromatic rings. The third-order valence-electron chi connectivity index (χ3n) is 5.92. The molecule has 166 valence electrons. The number of hydrogen-bond donors (Lipinski definition) is 1. The summed E-state index contributed by atoms with van der Waals surface area (Å²) in [4.78, 5) is 21.3. The molecule has 1 amide bonds. The van der Waals surface area contributed by atoms with E-state index in [4.69, 9.17) is 4.74 Å². The minimum absolute atomic E-state index is 0.0426. The number of amides is 1. The van der Waals surface area contributed by atoms with Gasteiger partial charge in [-0.2, -0.15) is 5.10 Å². The number of benzene rings is 1. The van der Waals surface area contributed by atoms with Crippen LogP contribution in [0.3, 0.4) is 0 Å². The number of nitrogens with one attached hydrogen (secondary N) is 1. The van der Waals surface area contributed by atoms with Gasteiger partial charge in [0.05, 0.1) is 19.1 Å². The van der Waals surface area contributed by atoms with Crippen molar-refractivity contribution in [2.75, 3.05) is 54.5 Å². The number of ether oxygens (including phenoxy) is 1. The quantitative estimate of drug-likeness (QED) is 0.648. The number of nitrogens with zero attached hydrogens (tertiary/aromatic N) is 7. The molecule has 0 bridgehead atoms. The molecule has 4 heterocycles. The maximum Gasteiger partial charge on any atom is 0.229 e. The Bertz CT molecular complexity index is 1020. The van der Waals surface area contributed by atoms with E-state index in [9.17, 15) is 4.79 Å². The number of carbonyl (C=O) groups excluding carboxylic acids is 1. The van der Waals surface area contributed by atoms with E-state index >= 15 is 0 Å². The van der Waals surface area contributed by atoms with Crippen molar-refractivity contribution in [1.29, 1.82) is 0 Å². The summed E-state index contributed by atoms with van der Waals surface area (Å²) in [5.74, 6) is 1.32. The van der Waals surface area contributed by atoms with Crippen LogP contribution in [0.1, 0.15) is 12.8 Å². The lowest BCUT2D eigenvalue weighted by Crippen LogP contribution is -2.41. The van der Waals surface area contributed by atoms with Gasteiger partial charge >= 0.3 is 0 Å². The fraction of sp³-hybridized carbons (Fsp3) is 0.409. The number of rotatable bonds is 5. The van der Waals surface area contributed by atoms with E-state index in [1.807, 2.05) is 24.3 Å². The van der Waals surface area contributed by atoms with Crippen LogP contribution in [0, 0.1) is 5.92 Å². The molecule has 32 heavy (non-hydrogen) atoms. The second kappa shape index (κ2) is 9.31. The summed E-state index contributed by atoms with van der Waals surface area (Å²) in [7, 11) is 0. The van der Waals surface area contributed by atoms with Crippen LogP contribution in [0.4, 0.5) is 17.2 Å². The van der Waals surface area contributed by atoms with Gasteiger partial charge in [-0.05, 0) is 49.2 Å². The Hall–Kier alpha value is -3.53. The van der Waals surface area contributed by atoms with Crippen LogP contribution < -0.4 is 15.1 Å². The van der Waals surface area contributed by atoms with Crippen LogP contribution >= 0.6 is 0 Å². The molecule has 1 aromatic carbocycles. The molecule has 2 aromatic heterocycles. The zero-order valence-electron chi connectivity index (χ0n) is 17.8. The summed E-state index contributed by atoms with van der Waals surface area (Å²) >= 11 is 0. The first-order valence-corrected chi connectivity index (χ1v) is 10.9. The predicted octanol–water partition coefficient (Wildman–Crippen LogP) is 1.75. The Balaban J connectivity index is 1.19. The van der Waals surface area contributed by atoms with Crippen molar-refractivity contribution in [2.24, 2.45) is 5.92 Å². The van der Waals surface area contributed by atoms with Crippen LogP contribution in [0.15, 0.2) is 49.1 Å². The van der Waals surface area contributed by atoms with Gasteiger partial charge in [-0.15, -0.1) is 10.2 Å². The van der Waals surface area contributed by atoms with Crippen molar-refractivity contribution in [1.82, 2.24) is 25.0 Å². The van der Waals surface area contributed by atoms with E-state index in [0.29, 0.717) is 12.4 Å². The van der Waals surface area contributed by atoms with Crippen molar-refractivity contribution in [2.45, 2.75) is 12.8 Å². The topological polar surface area (TPSA) is 101 Å². The van der Waals surface area contributed by atoms with Crippen molar-refractivity contribution >= 4 is 23.1 Å². The molecule has 2 saturated heterocycles. The molecular weight excluding hydrogens is 408 g/mol. The number of piperidine rings is 1. The van der Waals surface area contributed by atoms with Gasteiger partial charge < -0.3 is 19.9 Å². The predicted molar refractivity (Wildman–Crippen MR) is 120 cm³/mol. The fourth-order valence-electron chi connectivity index (χ4n) is 4.16. The third-order valence-corrected chi connectivity index (χ3v) is 5.92. The summed E-state index contributed by atoms with van der Waals surface area (Å²) in [6.45, 7) is 4.78. The Morgan fingerprint density at radius 1 is 0.969 bits per heavy atom. The first-order chi connectivity index (χ1) is 15.8. The SMILES string of the molecule is O=C(Nc1ccc(N2CCOCC2)cc1)C1CCCN(c2ccc(-n3cncn3)nn2)C1. The number of morpholine rings is 1. The van der Waals surface area contributed by atoms with Crippen LogP contribution in [0.5, 0.6) is 0 Å². The molecule has 2 aliphatic heterocycles. The molecule has 10 heteroatoms. The lowest BCUT2D eigenvalue weighted by atomic mass is 9.97. The average Bonchev–Trinajstić information content (AvgIpc) is 3.40. The van der Waals surface area contributed by atoms with Gasteiger partial charge in [-0.3, -0.25) is 4.79 Å². The molecule has 1 unspecified atom stereocenters. The standard InChI is InChI=1S/C22H26N8O2/c31-22(25-18-3-5-19(6-4-18)28-10-12-32-13-11-28)17-2-1-9-29(14-17)20-7-8-21(27-26-20)30-16-23-15-24-30/h3-8,15-17H,1-2,9-14H2,(H,25,31). The smallest absolute Gasteiger partial charge is 0.229 e. The number of hydrogen-bond acceptors (Lipinski definition) is 8. The lowest BCUT2D eigenvalue weighted by Gasteiger charge is -2.32. The van der Waals surface area contributed by atoms with E-state index in [2.05, 4.69) is 47.5 Å². The number of aromatic nitrogens is 5. The molecule has 1 atom stereocenters. The Kier molecular flexibility index (Phi) is 5.93. The van der Waals surface area contributed by atoms with Gasteiger partial charge in [0, 0.05) is 37.6 Å². The molecule has 0 aliphatic carbocycles. The molecule has 0 spiro atoms. The Morgan fingerprint density at radius 2 is 1.75 bits per heavy atom. The van der Waals surface area contributed by atoms with Crippen LogP contribution in [0.25, 0.3) is 5.82 Å². The maximum atomic E-state index is 12.9. The molecule has 1 N–H and O–H groups in total. The Morgan fingerprint density at radius 3 is 2.47 bits per heavy atom. The van der Waals surface area contributed by atoms with Crippen LogP contribution in [-0.4, -0.2) is 70.3 Å². The van der Waals surface area contributed by atoms with Crippen molar-refractivity contribution in [3.63, 3.8) is 0 Å². The molecule has 0 radical (unpaired) electrons. The molecule has 0 saturated carbocycles. The highest BCUT2D eigenvalue weighted by atomic mass is 16.5. The van der Waals surface area contributed by atoms with Crippen molar-refractivity contribution in [3.05, 3.63) is 49.1 Å². The Labute approximate surface area is 186 Å². The van der Waals surface area contributed by atoms with E-state index in [-0.39, 0.29) is 11.8 Å². The number of anilines is 3. The highest BCUT2D eigenvalue weighted by molar-refractivity contribution is 5.93. The molecular formula is C22H26N8O2. The summed E-state index contributed by atoms with van der Waals surface area (Å²) in [5, 5.41) is 15.7. The lowest BCUT2D eigenvalue weighted by molar-refractivity contribution is -0.120. The normalized spacial score (nSPS) is 19.1. The summed E-state index contributed by atoms with van der Waals surface area (Å²) in [6, 6.07) is 11.8. The van der Waals surface area contributed by atoms with Gasteiger partial charge in [-0.25, -0.2) is 9.67 Å². The van der Waals surface area contributed by atoms with Gasteiger partial charge in [0.15, 0.2) is 11.6 Å². The van der Waals surface area contributed by atoms with Gasteiger partial charge in [0.2, 0.25) is 5.91 Å². The number of carbonyl (C=O) groups is 1. The van der Waals surface area contributed by atoms with Crippen molar-refractivity contribution in [3.8, 4) is 5.82 Å². The summed E-state index contributed by atoms with van der Waals surface area (Å²) in [6.07, 6.45) is 4.83. The first-order valence-electron chi connectivity index (χ1n) is 10.9. The second-order valence-corrected chi connectivity index (χ2v) is 8.01. The summed E-state index contributed by atoms with van der Waals surface area (Å²) < 4.78 is 6.97. The van der Waals surface area contributed by atoms with Gasteiger partial charge in [0.25, 0.3) is 0 Å². The second-order valence-electron chi connectivity index (χ2n) is 8.01. The largest absolute Gasteiger partial charge is 0.378 e. The highest BCUT2D eigenvalue weighted by Crippen LogP contribution is 2.24. The van der Waals surface area contributed by atoms with Crippen molar-refractivity contribution < 1.29 is 9.53 Å². The zero-order chi connectivity index (χ0) is 21.8. The minimum atomic E-state index is -0.0977. The summed E-state index contributed by atoms with van der Waals surface area (Å²) in [5.41, 5.74) is 1.98. The monoisotopic (exact) mass is 434 g/mol. The third kappa shape index (κ3) is 4.54. The molecule has 5 rings (SSSR count). The minimum Gasteiger partial charge on any atom is -0.378 e. The zero-order valence-corrected chi connectivity index (χ0v) is 17.8. The highest BCUT2D eigenvalue weighted by Gasteiger charge is 2.27. The van der Waals surface area contributed by atoms with E-state index in [1.54, 1.807) is 11.0 Å². The van der Waals surface area contributed by atoms with E-state index in [0.717, 1.165) is 62.9 Å². The molecule has 10 nitrogen and oxygen atoms in total. The fourth-order valence-corrected chi connectivity index (χ4v) is 4.16. The maximum absolute atomic E-state index is 12.9. The molecule has 2 fully saturated rings. The van der Waals surface area contributed by atoms with E-state index < -0.39 is 0 Å². The van der Waals surface area contributed by atoms with Crippen LogP contribution in [0.2, 0.25) is 0 Å². The molecule has 2 aliphatic rings. The van der Waals surface area contributed by atoms with Crippen LogP contribution in [-0.2, 0) is 9.53 Å².